The predicted octanol–water partition coefficient (Wildman–Crippen LogP) is 4.70. The van der Waals surface area contributed by atoms with Gasteiger partial charge in [-0.15, -0.1) is 0 Å². The van der Waals surface area contributed by atoms with E-state index in [4.69, 9.17) is 45.3 Å². The molecule has 0 atom stereocenters. The van der Waals surface area contributed by atoms with E-state index in [1.807, 2.05) is 18.2 Å². The number of likely N-dealkylation sites (N-methyl/N-ethyl adjacent to an activating group) is 1. The second kappa shape index (κ2) is 19.8. The topological polar surface area (TPSA) is 209 Å². The number of benzene rings is 2. The first-order valence-corrected chi connectivity index (χ1v) is 16.8. The van der Waals surface area contributed by atoms with Crippen molar-refractivity contribution >= 4 is 40.4 Å². The number of methoxy groups -OCH3 is 1. The van der Waals surface area contributed by atoms with Gasteiger partial charge in [0.25, 0.3) is 17.9 Å². The maximum absolute atomic E-state index is 9.00. The van der Waals surface area contributed by atoms with E-state index < -0.39 is 17.9 Å². The van der Waals surface area contributed by atoms with Gasteiger partial charge >= 0.3 is 0 Å². The Morgan fingerprint density at radius 1 is 0.863 bits per heavy atom. The Hall–Kier alpha value is -5.28. The number of carboxylic acids is 3. The Kier molecular flexibility index (Phi) is 15.6. The third kappa shape index (κ3) is 12.8. The van der Waals surface area contributed by atoms with Gasteiger partial charge in [0.15, 0.2) is 5.65 Å². The van der Waals surface area contributed by atoms with Crippen LogP contribution < -0.4 is 15.8 Å². The number of aliphatic carboxylic acids is 3. The molecule has 15 nitrogen and oxygen atoms in total. The molecule has 51 heavy (non-hydrogen) atoms. The van der Waals surface area contributed by atoms with Gasteiger partial charge in [0.1, 0.15) is 23.6 Å². The molecule has 6 rings (SSSR count). The summed E-state index contributed by atoms with van der Waals surface area (Å²) in [6, 6.07) is 17.4. The molecule has 6 N–H and O–H groups in total. The van der Waals surface area contributed by atoms with Crippen molar-refractivity contribution in [3.05, 3.63) is 60.4 Å². The summed E-state index contributed by atoms with van der Waals surface area (Å²) < 4.78 is 7.46. The number of carboxylic acid groups (broad SMARTS) is 3. The number of rotatable bonds is 7. The number of nitrogens with two attached hydrogens (primary N) is 1. The first kappa shape index (κ1) is 40.2. The van der Waals surface area contributed by atoms with Crippen LogP contribution in [0.15, 0.2) is 54.9 Å². The third-order valence-corrected chi connectivity index (χ3v) is 8.37. The van der Waals surface area contributed by atoms with Gasteiger partial charge in [-0.3, -0.25) is 19.3 Å². The highest BCUT2D eigenvalue weighted by Crippen LogP contribution is 2.37. The number of nitrogens with one attached hydrogen (secondary N) is 1. The minimum Gasteiger partial charge on any atom is -0.497 e. The zero-order chi connectivity index (χ0) is 37.5. The van der Waals surface area contributed by atoms with Crippen LogP contribution in [0, 0.1) is 0 Å². The summed E-state index contributed by atoms with van der Waals surface area (Å²) in [5.41, 5.74) is 11.3. The van der Waals surface area contributed by atoms with E-state index in [1.54, 1.807) is 13.4 Å². The van der Waals surface area contributed by atoms with Gasteiger partial charge < -0.3 is 36.0 Å². The average Bonchev–Trinajstić information content (AvgIpc) is 3.48. The highest BCUT2D eigenvalue weighted by Gasteiger charge is 2.30. The monoisotopic (exact) mass is 706 g/mol. The maximum Gasteiger partial charge on any atom is 0.300 e. The van der Waals surface area contributed by atoms with Gasteiger partial charge in [0, 0.05) is 70.8 Å². The maximum atomic E-state index is 9.00. The first-order chi connectivity index (χ1) is 24.3. The van der Waals surface area contributed by atoms with Crippen molar-refractivity contribution in [3.63, 3.8) is 0 Å². The Labute approximate surface area is 298 Å². The van der Waals surface area contributed by atoms with Crippen molar-refractivity contribution in [2.75, 3.05) is 51.4 Å². The summed E-state index contributed by atoms with van der Waals surface area (Å²) >= 11 is 0. The molecular formula is C36H50N8O7. The Balaban J connectivity index is 0.000000511. The molecule has 2 aromatic carbocycles. The summed E-state index contributed by atoms with van der Waals surface area (Å²) in [7, 11) is 3.91. The Morgan fingerprint density at radius 2 is 1.43 bits per heavy atom. The van der Waals surface area contributed by atoms with Crippen molar-refractivity contribution in [1.82, 2.24) is 29.5 Å². The van der Waals surface area contributed by atoms with Gasteiger partial charge in [-0.2, -0.15) is 5.10 Å². The van der Waals surface area contributed by atoms with E-state index in [2.05, 4.69) is 67.1 Å². The van der Waals surface area contributed by atoms with Crippen LogP contribution in [0.25, 0.3) is 22.3 Å². The van der Waals surface area contributed by atoms with Crippen molar-refractivity contribution in [2.45, 2.75) is 65.1 Å². The van der Waals surface area contributed by atoms with E-state index >= 15 is 0 Å². The number of fused-ring (bicyclic) bond motifs is 1. The number of anilines is 2. The lowest BCUT2D eigenvalue weighted by Crippen LogP contribution is -2.49. The summed E-state index contributed by atoms with van der Waals surface area (Å²) in [6.07, 6.45) is 6.15. The second-order valence-corrected chi connectivity index (χ2v) is 12.4. The highest BCUT2D eigenvalue weighted by molar-refractivity contribution is 5.98. The van der Waals surface area contributed by atoms with Gasteiger partial charge in [-0.05, 0) is 62.6 Å². The van der Waals surface area contributed by atoms with Crippen molar-refractivity contribution in [2.24, 2.45) is 0 Å². The number of carbonyl (C=O) groups is 3. The lowest BCUT2D eigenvalue weighted by Gasteiger charge is -2.41. The second-order valence-electron chi connectivity index (χ2n) is 12.4. The van der Waals surface area contributed by atoms with Crippen molar-refractivity contribution in [1.29, 1.82) is 0 Å². The number of nitrogens with zero attached hydrogens (tertiary/aromatic N) is 6. The van der Waals surface area contributed by atoms with Crippen LogP contribution in [0.3, 0.4) is 0 Å². The van der Waals surface area contributed by atoms with Crippen LogP contribution in [0.4, 0.5) is 11.5 Å². The van der Waals surface area contributed by atoms with Crippen LogP contribution in [-0.2, 0) is 20.9 Å². The fourth-order valence-corrected chi connectivity index (χ4v) is 6.04. The van der Waals surface area contributed by atoms with E-state index in [0.717, 1.165) is 72.9 Å². The van der Waals surface area contributed by atoms with Crippen LogP contribution in [0.2, 0.25) is 0 Å². The van der Waals surface area contributed by atoms with Gasteiger partial charge in [0.2, 0.25) is 0 Å². The number of piperazine rings is 1. The van der Waals surface area contributed by atoms with Crippen LogP contribution >= 0.6 is 0 Å². The molecule has 0 radical (unpaired) electrons. The van der Waals surface area contributed by atoms with Crippen LogP contribution in [-0.4, -0.2) is 109 Å². The predicted molar refractivity (Wildman–Crippen MR) is 196 cm³/mol. The number of ether oxygens (including phenoxy) is 1. The Morgan fingerprint density at radius 3 is 2.00 bits per heavy atom. The molecule has 0 amide bonds. The van der Waals surface area contributed by atoms with Crippen LogP contribution in [0.5, 0.6) is 5.75 Å². The molecule has 2 aliphatic rings. The molecule has 0 bridgehead atoms. The van der Waals surface area contributed by atoms with Gasteiger partial charge in [-0.1, -0.05) is 24.3 Å². The van der Waals surface area contributed by atoms with Crippen molar-refractivity contribution in [3.8, 4) is 17.0 Å². The minimum atomic E-state index is -0.833. The van der Waals surface area contributed by atoms with E-state index in [-0.39, 0.29) is 0 Å². The quantitative estimate of drug-likeness (QED) is 0.177. The molecular weight excluding hydrogens is 656 g/mol. The molecule has 0 unspecified atom stereocenters. The number of hydrogen-bond donors (Lipinski definition) is 5. The summed E-state index contributed by atoms with van der Waals surface area (Å²) in [5, 5.41) is 31.7. The molecule has 2 fully saturated rings. The first-order valence-electron chi connectivity index (χ1n) is 16.8. The summed E-state index contributed by atoms with van der Waals surface area (Å²) in [4.78, 5) is 41.1. The fourth-order valence-electron chi connectivity index (χ4n) is 6.04. The lowest BCUT2D eigenvalue weighted by atomic mass is 9.90. The van der Waals surface area contributed by atoms with E-state index in [1.165, 1.54) is 39.0 Å². The molecule has 276 valence electrons. The molecule has 4 aromatic rings. The normalized spacial score (nSPS) is 17.4. The molecule has 0 spiro atoms. The molecule has 1 saturated heterocycles. The number of nitrogen functional groups attached to an aromatic ring is 1. The van der Waals surface area contributed by atoms with E-state index in [9.17, 15) is 0 Å². The molecule has 1 saturated carbocycles. The summed E-state index contributed by atoms with van der Waals surface area (Å²) in [6.45, 7) is 8.65. The van der Waals surface area contributed by atoms with Crippen LogP contribution in [0.1, 0.15) is 58.1 Å². The van der Waals surface area contributed by atoms with Gasteiger partial charge in [0.05, 0.1) is 18.5 Å². The van der Waals surface area contributed by atoms with Crippen molar-refractivity contribution < 1.29 is 34.4 Å². The molecule has 15 heteroatoms. The van der Waals surface area contributed by atoms with Gasteiger partial charge in [-0.25, -0.2) is 14.6 Å². The number of aromatic nitrogens is 4. The average molecular weight is 707 g/mol. The number of hydrogen-bond acceptors (Lipinski definition) is 11. The standard InChI is InChI=1S/C30H38N8O.3C2H4O2/c1-36-14-16-37(17-15-36)24-10-12-25(13-11-24)38-30-27(29(31)33-20-34-30)28(35-38)22-6-8-23(9-7-22)32-19-21-4-3-5-26(18-21)39-2;3*1-2(3)4/h3-9,18,20,24-25,32H,10-17,19H2,1-2H3,(H2,31,33,34);3*1H3,(H,3,4). The lowest BCUT2D eigenvalue weighted by molar-refractivity contribution is -0.135. The zero-order valence-corrected chi connectivity index (χ0v) is 30.0. The Bertz CT molecular complexity index is 1670. The van der Waals surface area contributed by atoms with E-state index in [0.29, 0.717) is 24.4 Å². The molecule has 1 aliphatic heterocycles. The summed E-state index contributed by atoms with van der Waals surface area (Å²) in [5.74, 6) is -1.16. The molecule has 3 heterocycles. The fraction of sp³-hybridized carbons (Fsp3) is 0.444. The highest BCUT2D eigenvalue weighted by atomic mass is 16.5. The molecule has 2 aromatic heterocycles. The third-order valence-electron chi connectivity index (χ3n) is 8.37. The smallest absolute Gasteiger partial charge is 0.300 e. The molecule has 1 aliphatic carbocycles. The SMILES string of the molecule is CC(=O)O.CC(=O)O.CC(=O)O.COc1cccc(CNc2ccc(-c3nn(C4CCC(N5CCN(C)CC5)CC4)c4ncnc(N)c34)cc2)c1. The largest absolute Gasteiger partial charge is 0.497 e. The minimum absolute atomic E-state index is 0.322. The zero-order valence-electron chi connectivity index (χ0n) is 30.0.